The van der Waals surface area contributed by atoms with Crippen molar-refractivity contribution in [3.63, 3.8) is 0 Å². The van der Waals surface area contributed by atoms with Crippen molar-refractivity contribution >= 4 is 17.5 Å². The van der Waals surface area contributed by atoms with Crippen LogP contribution in [0.5, 0.6) is 0 Å². The van der Waals surface area contributed by atoms with Crippen LogP contribution in [0, 0.1) is 19.3 Å². The number of terminal acetylenes is 1. The van der Waals surface area contributed by atoms with E-state index in [4.69, 9.17) is 23.0 Å². The second-order valence-corrected chi connectivity index (χ2v) is 6.24. The molecule has 1 saturated heterocycles. The lowest BCUT2D eigenvalue weighted by Crippen LogP contribution is -2.24. The van der Waals surface area contributed by atoms with E-state index in [9.17, 15) is 9.59 Å². The number of aliphatic hydroxyl groups is 1. The number of nitrogens with two attached hydrogens (primary N) is 2. The largest absolute Gasteiger partial charge is 0.397 e. The van der Waals surface area contributed by atoms with E-state index in [2.05, 4.69) is 10.9 Å². The number of nitrogen functional groups attached to an aromatic ring is 1. The molecule has 7 heteroatoms. The molecule has 1 aliphatic heterocycles. The molecule has 0 aliphatic carbocycles. The Bertz CT molecular complexity index is 906. The second kappa shape index (κ2) is 8.34. The Labute approximate surface area is 158 Å². The molecule has 0 unspecified atom stereocenters. The summed E-state index contributed by atoms with van der Waals surface area (Å²) in [5.74, 6) is 1.77. The van der Waals surface area contributed by atoms with Gasteiger partial charge in [0, 0.05) is 24.7 Å². The Morgan fingerprint density at radius 1 is 1.41 bits per heavy atom. The predicted octanol–water partition coefficient (Wildman–Crippen LogP) is 0.929. The van der Waals surface area contributed by atoms with Gasteiger partial charge in [-0.05, 0) is 37.1 Å². The molecule has 0 saturated carbocycles. The van der Waals surface area contributed by atoms with Gasteiger partial charge in [-0.2, -0.15) is 0 Å². The molecule has 1 aliphatic rings. The van der Waals surface area contributed by atoms with Crippen molar-refractivity contribution in [2.75, 3.05) is 19.3 Å². The van der Waals surface area contributed by atoms with Crippen molar-refractivity contribution in [2.24, 2.45) is 5.73 Å². The summed E-state index contributed by atoms with van der Waals surface area (Å²) in [4.78, 5) is 27.7. The minimum atomic E-state index is -0.722. The third-order valence-electron chi connectivity index (χ3n) is 4.22. The maximum atomic E-state index is 11.3. The number of amides is 2. The third kappa shape index (κ3) is 4.63. The predicted molar refractivity (Wildman–Crippen MR) is 104 cm³/mol. The van der Waals surface area contributed by atoms with Crippen molar-refractivity contribution in [1.29, 1.82) is 0 Å². The number of hydrogen-bond donors (Lipinski definition) is 3. The zero-order chi connectivity index (χ0) is 20.1. The summed E-state index contributed by atoms with van der Waals surface area (Å²) in [6.45, 7) is 2.50. The van der Waals surface area contributed by atoms with Crippen LogP contribution in [-0.2, 0) is 4.79 Å². The number of aliphatic hydroxyl groups excluding tert-OH is 1. The molecule has 5 N–H and O–H groups in total. The van der Waals surface area contributed by atoms with E-state index < -0.39 is 12.0 Å². The van der Waals surface area contributed by atoms with Crippen LogP contribution in [0.4, 0.5) is 5.69 Å². The number of pyridine rings is 1. The fraction of sp³-hybridized carbons (Fsp3) is 0.250. The first-order chi connectivity index (χ1) is 12.7. The van der Waals surface area contributed by atoms with Gasteiger partial charge < -0.3 is 21.5 Å². The van der Waals surface area contributed by atoms with Crippen molar-refractivity contribution in [3.8, 4) is 23.6 Å². The van der Waals surface area contributed by atoms with Crippen LogP contribution < -0.4 is 11.5 Å². The van der Waals surface area contributed by atoms with Crippen LogP contribution in [0.2, 0.25) is 0 Å². The summed E-state index contributed by atoms with van der Waals surface area (Å²) in [6, 6.07) is 9.15. The van der Waals surface area contributed by atoms with Crippen LogP contribution in [0.15, 0.2) is 30.3 Å². The molecule has 2 amide bonds. The maximum Gasteiger partial charge on any atom is 0.269 e. The molecular weight excluding hydrogens is 344 g/mol. The Morgan fingerprint density at radius 2 is 2.11 bits per heavy atom. The number of likely N-dealkylation sites (N-methyl/N-ethyl adjacent to an activating group) is 1. The van der Waals surface area contributed by atoms with Crippen molar-refractivity contribution in [2.45, 2.75) is 19.4 Å². The topological polar surface area (TPSA) is 123 Å². The number of nitrogens with zero attached hydrogens (tertiary/aromatic N) is 2. The van der Waals surface area contributed by atoms with E-state index in [1.807, 2.05) is 24.3 Å². The van der Waals surface area contributed by atoms with E-state index >= 15 is 0 Å². The van der Waals surface area contributed by atoms with E-state index in [1.54, 1.807) is 20.0 Å². The van der Waals surface area contributed by atoms with Gasteiger partial charge >= 0.3 is 0 Å². The van der Waals surface area contributed by atoms with E-state index in [0.29, 0.717) is 24.3 Å². The SMILES string of the molecule is C#Cc1cccc(-c2cc(C)c(N)c(C(N)=O)n2)c1.CN1CC[C@H](O)C1=O. The van der Waals surface area contributed by atoms with Crippen LogP contribution in [0.3, 0.4) is 0 Å². The lowest BCUT2D eigenvalue weighted by molar-refractivity contribution is -0.133. The number of hydrogen-bond acceptors (Lipinski definition) is 5. The van der Waals surface area contributed by atoms with Gasteiger partial charge in [0.25, 0.3) is 11.8 Å². The van der Waals surface area contributed by atoms with Gasteiger partial charge in [-0.15, -0.1) is 6.42 Å². The summed E-state index contributed by atoms with van der Waals surface area (Å²) in [5, 5.41) is 8.78. The zero-order valence-corrected chi connectivity index (χ0v) is 15.3. The first-order valence-corrected chi connectivity index (χ1v) is 8.31. The summed E-state index contributed by atoms with van der Waals surface area (Å²) < 4.78 is 0. The third-order valence-corrected chi connectivity index (χ3v) is 4.22. The van der Waals surface area contributed by atoms with Crippen molar-refractivity contribution < 1.29 is 14.7 Å². The van der Waals surface area contributed by atoms with E-state index in [-0.39, 0.29) is 11.6 Å². The minimum absolute atomic E-state index is 0.0844. The lowest BCUT2D eigenvalue weighted by Gasteiger charge is -2.09. The molecule has 2 heterocycles. The van der Waals surface area contributed by atoms with Crippen LogP contribution in [0.25, 0.3) is 11.3 Å². The molecule has 1 fully saturated rings. The highest BCUT2D eigenvalue weighted by Crippen LogP contribution is 2.24. The van der Waals surface area contributed by atoms with Crippen molar-refractivity contribution in [1.82, 2.24) is 9.88 Å². The molecule has 2 aromatic rings. The molecule has 1 atom stereocenters. The highest BCUT2D eigenvalue weighted by Gasteiger charge is 2.25. The van der Waals surface area contributed by atoms with Crippen LogP contribution in [0.1, 0.15) is 28.0 Å². The molecule has 1 aromatic carbocycles. The number of likely N-dealkylation sites (tertiary alicyclic amines) is 1. The first-order valence-electron chi connectivity index (χ1n) is 8.31. The number of carbonyl (C=O) groups is 2. The molecule has 7 nitrogen and oxygen atoms in total. The van der Waals surface area contributed by atoms with Crippen LogP contribution in [-0.4, -0.2) is 46.5 Å². The number of aryl methyl sites for hydroxylation is 1. The van der Waals surface area contributed by atoms with Gasteiger partial charge in [0.05, 0.1) is 11.4 Å². The Kier molecular flexibility index (Phi) is 6.16. The van der Waals surface area contributed by atoms with Crippen LogP contribution >= 0.6 is 0 Å². The highest BCUT2D eigenvalue weighted by atomic mass is 16.3. The van der Waals surface area contributed by atoms with Gasteiger partial charge in [0.2, 0.25) is 0 Å². The number of carbonyl (C=O) groups excluding carboxylic acids is 2. The molecule has 0 spiro atoms. The average molecular weight is 366 g/mol. The minimum Gasteiger partial charge on any atom is -0.397 e. The highest BCUT2D eigenvalue weighted by molar-refractivity contribution is 5.97. The lowest BCUT2D eigenvalue weighted by atomic mass is 10.0. The number of rotatable bonds is 2. The smallest absolute Gasteiger partial charge is 0.269 e. The quantitative estimate of drug-likeness (QED) is 0.683. The molecule has 3 rings (SSSR count). The number of anilines is 1. The molecule has 140 valence electrons. The van der Waals surface area contributed by atoms with E-state index in [0.717, 1.165) is 16.7 Å². The Hall–Kier alpha value is -3.37. The first kappa shape index (κ1) is 19.9. The van der Waals surface area contributed by atoms with Gasteiger partial charge in [0.1, 0.15) is 6.10 Å². The summed E-state index contributed by atoms with van der Waals surface area (Å²) in [7, 11) is 1.69. The zero-order valence-electron chi connectivity index (χ0n) is 15.3. The molecule has 27 heavy (non-hydrogen) atoms. The average Bonchev–Trinajstić information content (AvgIpc) is 2.95. The number of benzene rings is 1. The fourth-order valence-corrected chi connectivity index (χ4v) is 2.59. The maximum absolute atomic E-state index is 11.3. The summed E-state index contributed by atoms with van der Waals surface area (Å²) in [5.41, 5.74) is 14.4. The summed E-state index contributed by atoms with van der Waals surface area (Å²) >= 11 is 0. The second-order valence-electron chi connectivity index (χ2n) is 6.24. The van der Waals surface area contributed by atoms with Gasteiger partial charge in [-0.25, -0.2) is 4.98 Å². The Morgan fingerprint density at radius 3 is 2.59 bits per heavy atom. The normalized spacial score (nSPS) is 15.7. The standard InChI is InChI=1S/C15H13N3O.C5H9NO2/c1-3-10-5-4-6-11(8-10)12-7-9(2)13(16)14(18-12)15(17)19;1-6-3-2-4(7)5(6)8/h1,4-8H,16H2,2H3,(H2,17,19);4,7H,2-3H2,1H3/t;4-/m.0/s1. The monoisotopic (exact) mass is 366 g/mol. The van der Waals surface area contributed by atoms with Gasteiger partial charge in [0.15, 0.2) is 5.69 Å². The van der Waals surface area contributed by atoms with Gasteiger partial charge in [-0.1, -0.05) is 18.1 Å². The molecular formula is C20H22N4O3. The number of primary amides is 1. The van der Waals surface area contributed by atoms with E-state index in [1.165, 1.54) is 4.90 Å². The Balaban J connectivity index is 0.000000273. The molecule has 0 bridgehead atoms. The molecule has 1 aromatic heterocycles. The van der Waals surface area contributed by atoms with Crippen molar-refractivity contribution in [3.05, 3.63) is 47.2 Å². The van der Waals surface area contributed by atoms with Gasteiger partial charge in [-0.3, -0.25) is 9.59 Å². The fourth-order valence-electron chi connectivity index (χ4n) is 2.59. The summed E-state index contributed by atoms with van der Waals surface area (Å²) in [6.07, 6.45) is 5.23. The number of aromatic nitrogens is 1. The molecule has 0 radical (unpaired) electrons.